The van der Waals surface area contributed by atoms with Crippen LogP contribution in [0.25, 0.3) is 0 Å². The van der Waals surface area contributed by atoms with Gasteiger partial charge in [0.25, 0.3) is 0 Å². The third-order valence-electron chi connectivity index (χ3n) is 3.48. The molecule has 0 spiro atoms. The molecule has 14 heavy (non-hydrogen) atoms. The van der Waals surface area contributed by atoms with E-state index in [1.54, 1.807) is 0 Å². The van der Waals surface area contributed by atoms with Crippen LogP contribution in [0.2, 0.25) is 0 Å². The fourth-order valence-corrected chi connectivity index (χ4v) is 2.70. The first-order valence-corrected chi connectivity index (χ1v) is 5.67. The van der Waals surface area contributed by atoms with E-state index in [-0.39, 0.29) is 13.1 Å². The molecule has 2 heterocycles. The van der Waals surface area contributed by atoms with E-state index in [2.05, 4.69) is 10.5 Å². The zero-order chi connectivity index (χ0) is 9.38. The molecule has 1 aliphatic carbocycles. The van der Waals surface area contributed by atoms with Crippen molar-refractivity contribution < 1.29 is 9.39 Å². The first-order chi connectivity index (χ1) is 6.93. The summed E-state index contributed by atoms with van der Waals surface area (Å²) in [7, 11) is 0.123. The van der Waals surface area contributed by atoms with Crippen molar-refractivity contribution in [3.63, 3.8) is 0 Å². The second kappa shape index (κ2) is 3.81. The van der Waals surface area contributed by atoms with Crippen LogP contribution < -0.4 is 10.5 Å². The molecule has 1 saturated carbocycles. The van der Waals surface area contributed by atoms with E-state index in [1.807, 2.05) is 0 Å². The van der Waals surface area contributed by atoms with Gasteiger partial charge in [-0.2, -0.15) is 0 Å². The number of ether oxygens (including phenoxy) is 1. The first-order valence-electron chi connectivity index (χ1n) is 5.67. The van der Waals surface area contributed by atoms with Crippen LogP contribution in [0.15, 0.2) is 0 Å². The highest BCUT2D eigenvalue weighted by molar-refractivity contribution is 6.51. The van der Waals surface area contributed by atoms with Crippen molar-refractivity contribution in [2.75, 3.05) is 13.3 Å². The molecule has 0 amide bonds. The van der Waals surface area contributed by atoms with E-state index < -0.39 is 0 Å². The second-order valence-corrected chi connectivity index (χ2v) is 4.46. The lowest BCUT2D eigenvalue weighted by atomic mass is 9.75. The molecule has 3 fully saturated rings. The van der Waals surface area contributed by atoms with Gasteiger partial charge in [-0.3, -0.25) is 5.32 Å². The van der Waals surface area contributed by atoms with Crippen molar-refractivity contribution in [3.8, 4) is 0 Å². The number of rotatable bonds is 1. The van der Waals surface area contributed by atoms with Crippen LogP contribution >= 0.6 is 0 Å². The normalized spacial score (nSPS) is 42.9. The van der Waals surface area contributed by atoms with E-state index in [0.29, 0.717) is 18.9 Å². The topological polar surface area (TPSA) is 42.5 Å². The minimum atomic E-state index is 0.123. The van der Waals surface area contributed by atoms with E-state index >= 15 is 0 Å². The van der Waals surface area contributed by atoms with Gasteiger partial charge in [0.05, 0.1) is 18.8 Å². The molecule has 2 unspecified atom stereocenters. The SMILES string of the molecule is C1CC[C@H]2OB(C3CNCO3)NC2C1. The van der Waals surface area contributed by atoms with E-state index in [9.17, 15) is 0 Å². The van der Waals surface area contributed by atoms with E-state index in [4.69, 9.17) is 9.39 Å². The summed E-state index contributed by atoms with van der Waals surface area (Å²) in [6.45, 7) is 1.58. The molecule has 3 atom stereocenters. The summed E-state index contributed by atoms with van der Waals surface area (Å²) >= 11 is 0. The molecule has 0 aromatic rings. The molecule has 2 aliphatic heterocycles. The Morgan fingerprint density at radius 1 is 1.21 bits per heavy atom. The lowest BCUT2D eigenvalue weighted by Crippen LogP contribution is -2.46. The van der Waals surface area contributed by atoms with Crippen LogP contribution in [0.4, 0.5) is 0 Å². The Morgan fingerprint density at radius 3 is 2.93 bits per heavy atom. The highest BCUT2D eigenvalue weighted by atomic mass is 16.5. The number of hydrogen-bond donors (Lipinski definition) is 2. The Labute approximate surface area is 84.8 Å². The molecule has 0 aromatic heterocycles. The van der Waals surface area contributed by atoms with Crippen molar-refractivity contribution in [3.05, 3.63) is 0 Å². The Morgan fingerprint density at radius 2 is 2.14 bits per heavy atom. The molecule has 4 nitrogen and oxygen atoms in total. The number of hydrogen-bond acceptors (Lipinski definition) is 4. The van der Waals surface area contributed by atoms with Gasteiger partial charge in [-0.15, -0.1) is 0 Å². The second-order valence-electron chi connectivity index (χ2n) is 4.46. The lowest BCUT2D eigenvalue weighted by molar-refractivity contribution is 0.124. The summed E-state index contributed by atoms with van der Waals surface area (Å²) < 4.78 is 11.5. The highest BCUT2D eigenvalue weighted by Gasteiger charge is 2.44. The maximum absolute atomic E-state index is 5.97. The molecule has 0 radical (unpaired) electrons. The van der Waals surface area contributed by atoms with Crippen LogP contribution in [-0.4, -0.2) is 38.5 Å². The summed E-state index contributed by atoms with van der Waals surface area (Å²) in [5.41, 5.74) is 0. The van der Waals surface area contributed by atoms with Crippen molar-refractivity contribution in [2.45, 2.75) is 43.8 Å². The average molecular weight is 196 g/mol. The van der Waals surface area contributed by atoms with Gasteiger partial charge in [-0.25, -0.2) is 0 Å². The van der Waals surface area contributed by atoms with Gasteiger partial charge in [0.2, 0.25) is 0 Å². The lowest BCUT2D eigenvalue weighted by Gasteiger charge is -2.23. The Hall–Kier alpha value is -0.0951. The molecule has 78 valence electrons. The van der Waals surface area contributed by atoms with Crippen molar-refractivity contribution in [1.82, 2.24) is 10.5 Å². The third kappa shape index (κ3) is 1.58. The largest absolute Gasteiger partial charge is 0.415 e. The summed E-state index contributed by atoms with van der Waals surface area (Å²) in [6.07, 6.45) is 5.58. The monoisotopic (exact) mass is 196 g/mol. The quantitative estimate of drug-likeness (QED) is 0.574. The summed E-state index contributed by atoms with van der Waals surface area (Å²) in [5, 5.41) is 6.74. The molecule has 3 aliphatic rings. The molecule has 3 rings (SSSR count). The van der Waals surface area contributed by atoms with Gasteiger partial charge in [-0.05, 0) is 12.8 Å². The van der Waals surface area contributed by atoms with Gasteiger partial charge in [0.15, 0.2) is 0 Å². The van der Waals surface area contributed by atoms with Crippen molar-refractivity contribution in [2.24, 2.45) is 0 Å². The third-order valence-corrected chi connectivity index (χ3v) is 3.48. The van der Waals surface area contributed by atoms with Gasteiger partial charge in [0.1, 0.15) is 0 Å². The van der Waals surface area contributed by atoms with Crippen LogP contribution in [-0.2, 0) is 9.39 Å². The minimum Gasteiger partial charge on any atom is -0.415 e. The molecule has 5 heteroatoms. The Balaban J connectivity index is 1.61. The maximum atomic E-state index is 5.97. The molecule has 2 saturated heterocycles. The molecule has 0 aromatic carbocycles. The minimum absolute atomic E-state index is 0.123. The van der Waals surface area contributed by atoms with Crippen LogP contribution in [0, 0.1) is 0 Å². The van der Waals surface area contributed by atoms with E-state index in [1.165, 1.54) is 25.7 Å². The molecule has 0 bridgehead atoms. The fraction of sp³-hybridized carbons (Fsp3) is 1.00. The van der Waals surface area contributed by atoms with Crippen LogP contribution in [0.3, 0.4) is 0 Å². The van der Waals surface area contributed by atoms with Crippen LogP contribution in [0.5, 0.6) is 0 Å². The summed E-state index contributed by atoms with van der Waals surface area (Å²) in [4.78, 5) is 0. The maximum Gasteiger partial charge on any atom is 0.412 e. The summed E-state index contributed by atoms with van der Waals surface area (Å²) in [5.74, 6) is 0. The molecular weight excluding hydrogens is 179 g/mol. The zero-order valence-electron chi connectivity index (χ0n) is 8.37. The Kier molecular flexibility index (Phi) is 2.49. The standard InChI is InChI=1S/C9H17BN2O2/c1-2-4-8-7(3-1)12-10(14-8)9-5-11-6-13-9/h7-9,11-12H,1-6H2/t7?,8-,9?/m1/s1. The van der Waals surface area contributed by atoms with Crippen molar-refractivity contribution >= 4 is 7.05 Å². The van der Waals surface area contributed by atoms with E-state index in [0.717, 1.165) is 6.54 Å². The fourth-order valence-electron chi connectivity index (χ4n) is 2.70. The predicted molar refractivity (Wildman–Crippen MR) is 53.8 cm³/mol. The average Bonchev–Trinajstić information content (AvgIpc) is 2.86. The first kappa shape index (κ1) is 9.15. The van der Waals surface area contributed by atoms with Gasteiger partial charge in [0, 0.05) is 12.6 Å². The van der Waals surface area contributed by atoms with Crippen LogP contribution in [0.1, 0.15) is 25.7 Å². The Bertz CT molecular complexity index is 197. The van der Waals surface area contributed by atoms with Gasteiger partial charge in [-0.1, -0.05) is 12.8 Å². The zero-order valence-corrected chi connectivity index (χ0v) is 8.37. The number of fused-ring (bicyclic) bond motifs is 1. The smallest absolute Gasteiger partial charge is 0.412 e. The van der Waals surface area contributed by atoms with Gasteiger partial charge < -0.3 is 14.6 Å². The number of nitrogens with one attached hydrogen (secondary N) is 2. The molecule has 2 N–H and O–H groups in total. The molecular formula is C9H17BN2O2. The highest BCUT2D eigenvalue weighted by Crippen LogP contribution is 2.27. The van der Waals surface area contributed by atoms with Gasteiger partial charge >= 0.3 is 7.05 Å². The van der Waals surface area contributed by atoms with Crippen molar-refractivity contribution in [1.29, 1.82) is 0 Å². The predicted octanol–water partition coefficient (Wildman–Crippen LogP) is -0.109. The summed E-state index contributed by atoms with van der Waals surface area (Å²) in [6, 6.07) is 0.790.